The first-order chi connectivity index (χ1) is 17.0. The van der Waals surface area contributed by atoms with Crippen LogP contribution in [0.15, 0.2) is 30.3 Å². The fourth-order valence-electron chi connectivity index (χ4n) is 5.69. The van der Waals surface area contributed by atoms with E-state index in [1.54, 1.807) is 24.3 Å². The van der Waals surface area contributed by atoms with Crippen LogP contribution >= 0.6 is 11.6 Å². The summed E-state index contributed by atoms with van der Waals surface area (Å²) in [5.74, 6) is -0.460. The SMILES string of the molecule is COc1nc2c3c(nc(-c4cccc5ccc(F)c(Cl)c45)c(F)c3n1)OCC1C3CCC(CN21)N3. The number of hydrogen-bond acceptors (Lipinski definition) is 7. The van der Waals surface area contributed by atoms with Gasteiger partial charge in [0.25, 0.3) is 0 Å². The van der Waals surface area contributed by atoms with Gasteiger partial charge in [0.1, 0.15) is 34.8 Å². The van der Waals surface area contributed by atoms with Crippen LogP contribution in [0.1, 0.15) is 12.8 Å². The Morgan fingerprint density at radius 2 is 2.00 bits per heavy atom. The van der Waals surface area contributed by atoms with Crippen LogP contribution in [0, 0.1) is 11.6 Å². The molecular formula is C25H20ClF2N5O2. The van der Waals surface area contributed by atoms with Gasteiger partial charge >= 0.3 is 6.01 Å². The zero-order chi connectivity index (χ0) is 23.8. The molecule has 7 rings (SSSR count). The highest BCUT2D eigenvalue weighted by Crippen LogP contribution is 2.44. The van der Waals surface area contributed by atoms with Crippen LogP contribution in [0.25, 0.3) is 32.9 Å². The van der Waals surface area contributed by atoms with Gasteiger partial charge in [-0.25, -0.2) is 13.8 Å². The minimum Gasteiger partial charge on any atom is -0.475 e. The predicted molar refractivity (Wildman–Crippen MR) is 128 cm³/mol. The van der Waals surface area contributed by atoms with Crippen molar-refractivity contribution in [3.05, 3.63) is 47.0 Å². The van der Waals surface area contributed by atoms with E-state index < -0.39 is 11.6 Å². The quantitative estimate of drug-likeness (QED) is 0.439. The van der Waals surface area contributed by atoms with Gasteiger partial charge in [0.05, 0.1) is 18.2 Å². The van der Waals surface area contributed by atoms with Crippen LogP contribution in [0.5, 0.6) is 11.9 Å². The average molecular weight is 496 g/mol. The highest BCUT2D eigenvalue weighted by molar-refractivity contribution is 6.36. The highest BCUT2D eigenvalue weighted by atomic mass is 35.5. The molecule has 4 aromatic rings. The van der Waals surface area contributed by atoms with Gasteiger partial charge in [0.15, 0.2) is 5.82 Å². The molecule has 2 bridgehead atoms. The van der Waals surface area contributed by atoms with Gasteiger partial charge in [-0.3, -0.25) is 0 Å². The molecule has 2 aromatic heterocycles. The molecule has 0 aliphatic carbocycles. The summed E-state index contributed by atoms with van der Waals surface area (Å²) in [5, 5.41) is 5.01. The number of hydrogen-bond donors (Lipinski definition) is 1. The molecule has 3 atom stereocenters. The van der Waals surface area contributed by atoms with Crippen molar-refractivity contribution in [3.8, 4) is 23.1 Å². The fraction of sp³-hybridized carbons (Fsp3) is 0.320. The van der Waals surface area contributed by atoms with E-state index in [0.29, 0.717) is 40.2 Å². The molecule has 0 amide bonds. The molecule has 5 heterocycles. The molecule has 3 aliphatic rings. The second-order valence-electron chi connectivity index (χ2n) is 9.18. The van der Waals surface area contributed by atoms with Crippen molar-refractivity contribution in [1.29, 1.82) is 0 Å². The van der Waals surface area contributed by atoms with Crippen molar-refractivity contribution in [2.45, 2.75) is 31.0 Å². The third-order valence-electron chi connectivity index (χ3n) is 7.31. The van der Waals surface area contributed by atoms with Gasteiger partial charge < -0.3 is 19.7 Å². The minimum absolute atomic E-state index is 0.0124. The first kappa shape index (κ1) is 21.0. The maximum atomic E-state index is 16.2. The Balaban J connectivity index is 1.52. The van der Waals surface area contributed by atoms with Gasteiger partial charge in [-0.05, 0) is 24.3 Å². The Morgan fingerprint density at radius 1 is 1.11 bits per heavy atom. The predicted octanol–water partition coefficient (Wildman–Crippen LogP) is 4.49. The Kier molecular flexibility index (Phi) is 4.56. The lowest BCUT2D eigenvalue weighted by Gasteiger charge is -2.40. The van der Waals surface area contributed by atoms with E-state index in [2.05, 4.69) is 25.2 Å². The molecular weight excluding hydrogens is 476 g/mol. The Labute approximate surface area is 204 Å². The average Bonchev–Trinajstić information content (AvgIpc) is 3.19. The normalized spacial score (nSPS) is 22.7. The number of nitrogens with one attached hydrogen (secondary N) is 1. The van der Waals surface area contributed by atoms with Crippen LogP contribution in [-0.4, -0.2) is 53.3 Å². The highest BCUT2D eigenvalue weighted by Gasteiger charge is 2.44. The van der Waals surface area contributed by atoms with Crippen molar-refractivity contribution < 1.29 is 18.3 Å². The first-order valence-electron chi connectivity index (χ1n) is 11.5. The van der Waals surface area contributed by atoms with Crippen LogP contribution in [0.4, 0.5) is 14.6 Å². The molecule has 7 nitrogen and oxygen atoms in total. The van der Waals surface area contributed by atoms with Gasteiger partial charge in [-0.15, -0.1) is 0 Å². The number of anilines is 1. The van der Waals surface area contributed by atoms with Crippen LogP contribution in [-0.2, 0) is 0 Å². The standard InChI is InChI=1S/C25H20ClF2N5O2/c1-34-25-31-22-18-23(32-25)33-9-12-6-8-15(29-12)16(33)10-35-24(18)30-21(20(22)28)13-4-2-3-11-5-7-14(27)19(26)17(11)13/h2-5,7,12,15-16,29H,6,8-10H2,1H3. The van der Waals surface area contributed by atoms with Gasteiger partial charge in [0, 0.05) is 29.6 Å². The van der Waals surface area contributed by atoms with E-state index in [4.69, 9.17) is 21.1 Å². The lowest BCUT2D eigenvalue weighted by Crippen LogP contribution is -2.60. The molecule has 0 spiro atoms. The number of fused-ring (bicyclic) bond motifs is 6. The smallest absolute Gasteiger partial charge is 0.318 e. The van der Waals surface area contributed by atoms with Crippen LogP contribution in [0.3, 0.4) is 0 Å². The van der Waals surface area contributed by atoms with Crippen molar-refractivity contribution in [2.24, 2.45) is 0 Å². The number of pyridine rings is 1. The number of aromatic nitrogens is 3. The largest absolute Gasteiger partial charge is 0.475 e. The number of methoxy groups -OCH3 is 1. The Morgan fingerprint density at radius 3 is 2.86 bits per heavy atom. The van der Waals surface area contributed by atoms with E-state index in [0.717, 1.165) is 19.4 Å². The fourth-order valence-corrected chi connectivity index (χ4v) is 5.97. The molecule has 0 radical (unpaired) electrons. The van der Waals surface area contributed by atoms with Gasteiger partial charge in [0.2, 0.25) is 5.88 Å². The first-order valence-corrected chi connectivity index (χ1v) is 11.9. The summed E-state index contributed by atoms with van der Waals surface area (Å²) < 4.78 is 42.2. The van der Waals surface area contributed by atoms with E-state index in [1.165, 1.54) is 13.2 Å². The molecule has 10 heteroatoms. The van der Waals surface area contributed by atoms with Gasteiger partial charge in [-0.2, -0.15) is 9.97 Å². The Bertz CT molecular complexity index is 1530. The molecule has 2 aromatic carbocycles. The van der Waals surface area contributed by atoms with Crippen molar-refractivity contribution >= 4 is 39.1 Å². The molecule has 35 heavy (non-hydrogen) atoms. The monoisotopic (exact) mass is 495 g/mol. The second-order valence-corrected chi connectivity index (χ2v) is 9.56. The molecule has 0 saturated carbocycles. The summed E-state index contributed by atoms with van der Waals surface area (Å²) in [7, 11) is 1.45. The van der Waals surface area contributed by atoms with E-state index in [9.17, 15) is 4.39 Å². The summed E-state index contributed by atoms with van der Waals surface area (Å²) in [6.45, 7) is 1.09. The Hall–Kier alpha value is -3.30. The second kappa shape index (κ2) is 7.60. The lowest BCUT2D eigenvalue weighted by molar-refractivity contribution is 0.238. The molecule has 2 saturated heterocycles. The maximum Gasteiger partial charge on any atom is 0.318 e. The lowest BCUT2D eigenvalue weighted by atomic mass is 10.0. The zero-order valence-electron chi connectivity index (χ0n) is 18.7. The number of halogens is 3. The number of ether oxygens (including phenoxy) is 2. The van der Waals surface area contributed by atoms with E-state index >= 15 is 4.39 Å². The summed E-state index contributed by atoms with van der Waals surface area (Å²) in [4.78, 5) is 15.8. The van der Waals surface area contributed by atoms with Crippen molar-refractivity contribution in [3.63, 3.8) is 0 Å². The summed E-state index contributed by atoms with van der Waals surface area (Å²) in [6, 6.07) is 8.75. The minimum atomic E-state index is -0.668. The van der Waals surface area contributed by atoms with Crippen molar-refractivity contribution in [2.75, 3.05) is 25.2 Å². The van der Waals surface area contributed by atoms with E-state index in [1.807, 2.05) is 0 Å². The van der Waals surface area contributed by atoms with Crippen LogP contribution < -0.4 is 19.7 Å². The number of nitrogens with zero attached hydrogens (tertiary/aromatic N) is 4. The number of piperazine rings is 1. The van der Waals surface area contributed by atoms with Crippen molar-refractivity contribution in [1.82, 2.24) is 20.3 Å². The summed E-state index contributed by atoms with van der Waals surface area (Å²) >= 11 is 6.34. The topological polar surface area (TPSA) is 72.4 Å². The molecule has 2 fully saturated rings. The molecule has 1 N–H and O–H groups in total. The van der Waals surface area contributed by atoms with Crippen LogP contribution in [0.2, 0.25) is 5.02 Å². The van der Waals surface area contributed by atoms with E-state index in [-0.39, 0.29) is 40.2 Å². The summed E-state index contributed by atoms with van der Waals surface area (Å²) in [6.07, 6.45) is 2.10. The number of rotatable bonds is 2. The zero-order valence-corrected chi connectivity index (χ0v) is 19.4. The maximum absolute atomic E-state index is 16.2. The van der Waals surface area contributed by atoms with Gasteiger partial charge in [-0.1, -0.05) is 35.9 Å². The third-order valence-corrected chi connectivity index (χ3v) is 7.68. The third kappa shape index (κ3) is 3.01. The summed E-state index contributed by atoms with van der Waals surface area (Å²) in [5.41, 5.74) is 0.382. The number of benzene rings is 2. The molecule has 178 valence electrons. The molecule has 3 aliphatic heterocycles. The molecule has 3 unspecified atom stereocenters.